The molecule has 0 radical (unpaired) electrons. The topological polar surface area (TPSA) is 93.9 Å². The van der Waals surface area contributed by atoms with Crippen LogP contribution in [0.25, 0.3) is 0 Å². The Hall–Kier alpha value is -2.77. The van der Waals surface area contributed by atoms with Crippen LogP contribution in [0.2, 0.25) is 0 Å². The summed E-state index contributed by atoms with van der Waals surface area (Å²) in [5.41, 5.74) is 7.81. The number of ether oxygens (including phenoxy) is 2. The second-order valence-corrected chi connectivity index (χ2v) is 7.14. The van der Waals surface area contributed by atoms with E-state index in [-0.39, 0.29) is 24.2 Å². The Morgan fingerprint density at radius 1 is 1.13 bits per heavy atom. The third-order valence-electron chi connectivity index (χ3n) is 5.31. The molecular weight excluding hydrogens is 406 g/mol. The Balaban J connectivity index is 0.00000320. The number of amides is 2. The molecular formula is C22H28ClN3O4. The number of carbonyl (C=O) groups is 2. The Labute approximate surface area is 182 Å². The SMILES string of the molecule is COc1cc(OC)cc(N2CCC(NC(=O)C(C)C(N)c3ccccc3)C2=O)c1.Cl. The van der Waals surface area contributed by atoms with Gasteiger partial charge in [0.25, 0.3) is 0 Å². The lowest BCUT2D eigenvalue weighted by Gasteiger charge is -2.22. The van der Waals surface area contributed by atoms with E-state index in [9.17, 15) is 9.59 Å². The Kier molecular flexibility index (Phi) is 8.08. The zero-order valence-corrected chi connectivity index (χ0v) is 18.1. The maximum atomic E-state index is 12.9. The van der Waals surface area contributed by atoms with Crippen LogP contribution in [0, 0.1) is 5.92 Å². The van der Waals surface area contributed by atoms with Gasteiger partial charge in [-0.1, -0.05) is 37.3 Å². The van der Waals surface area contributed by atoms with Crippen molar-refractivity contribution in [3.8, 4) is 11.5 Å². The first-order chi connectivity index (χ1) is 13.9. The van der Waals surface area contributed by atoms with Crippen molar-refractivity contribution in [3.63, 3.8) is 0 Å². The summed E-state index contributed by atoms with van der Waals surface area (Å²) < 4.78 is 10.6. The van der Waals surface area contributed by atoms with Gasteiger partial charge in [0.15, 0.2) is 0 Å². The molecule has 1 aliphatic heterocycles. The number of anilines is 1. The largest absolute Gasteiger partial charge is 0.497 e. The lowest BCUT2D eigenvalue weighted by atomic mass is 9.94. The molecule has 7 nitrogen and oxygen atoms in total. The van der Waals surface area contributed by atoms with E-state index in [1.54, 1.807) is 44.2 Å². The van der Waals surface area contributed by atoms with Crippen molar-refractivity contribution in [3.05, 3.63) is 54.1 Å². The molecule has 3 unspecified atom stereocenters. The minimum absolute atomic E-state index is 0. The fourth-order valence-corrected chi connectivity index (χ4v) is 3.45. The molecule has 3 N–H and O–H groups in total. The van der Waals surface area contributed by atoms with Gasteiger partial charge in [-0.3, -0.25) is 9.59 Å². The van der Waals surface area contributed by atoms with Crippen LogP contribution in [0.1, 0.15) is 24.9 Å². The number of rotatable bonds is 7. The first-order valence-electron chi connectivity index (χ1n) is 9.60. The van der Waals surface area contributed by atoms with Crippen molar-refractivity contribution in [2.45, 2.75) is 25.4 Å². The monoisotopic (exact) mass is 433 g/mol. The molecule has 1 saturated heterocycles. The molecule has 0 aromatic heterocycles. The number of nitrogens with zero attached hydrogens (tertiary/aromatic N) is 1. The Morgan fingerprint density at radius 3 is 2.30 bits per heavy atom. The molecule has 0 bridgehead atoms. The number of carbonyl (C=O) groups excluding carboxylic acids is 2. The highest BCUT2D eigenvalue weighted by atomic mass is 35.5. The van der Waals surface area contributed by atoms with Gasteiger partial charge in [-0.15, -0.1) is 12.4 Å². The second-order valence-electron chi connectivity index (χ2n) is 7.14. The molecule has 30 heavy (non-hydrogen) atoms. The molecule has 0 spiro atoms. The summed E-state index contributed by atoms with van der Waals surface area (Å²) in [6.07, 6.45) is 0.525. The van der Waals surface area contributed by atoms with Gasteiger partial charge in [-0.05, 0) is 12.0 Å². The number of nitrogens with two attached hydrogens (primary N) is 1. The molecule has 1 heterocycles. The number of benzene rings is 2. The standard InChI is InChI=1S/C22H27N3O4.ClH/c1-14(20(23)15-7-5-4-6-8-15)21(26)24-19-9-10-25(22(19)27)16-11-17(28-2)13-18(12-16)29-3;/h4-8,11-14,19-20H,9-10,23H2,1-3H3,(H,24,26);1H. The van der Waals surface area contributed by atoms with E-state index in [4.69, 9.17) is 15.2 Å². The molecule has 2 aromatic carbocycles. The van der Waals surface area contributed by atoms with E-state index in [0.717, 1.165) is 5.56 Å². The molecule has 3 atom stereocenters. The summed E-state index contributed by atoms with van der Waals surface area (Å²) in [4.78, 5) is 27.2. The van der Waals surface area contributed by atoms with Gasteiger partial charge in [-0.25, -0.2) is 0 Å². The maximum Gasteiger partial charge on any atom is 0.249 e. The van der Waals surface area contributed by atoms with Crippen LogP contribution in [-0.2, 0) is 9.59 Å². The van der Waals surface area contributed by atoms with Crippen molar-refractivity contribution in [1.82, 2.24) is 5.32 Å². The lowest BCUT2D eigenvalue weighted by molar-refractivity contribution is -0.129. The van der Waals surface area contributed by atoms with Gasteiger partial charge in [0.1, 0.15) is 17.5 Å². The van der Waals surface area contributed by atoms with E-state index >= 15 is 0 Å². The van der Waals surface area contributed by atoms with Gasteiger partial charge in [0, 0.05) is 30.8 Å². The zero-order valence-electron chi connectivity index (χ0n) is 17.3. The molecule has 0 aliphatic carbocycles. The van der Waals surface area contributed by atoms with Crippen molar-refractivity contribution in [2.24, 2.45) is 11.7 Å². The molecule has 2 aromatic rings. The van der Waals surface area contributed by atoms with Gasteiger partial charge in [0.05, 0.1) is 25.8 Å². The van der Waals surface area contributed by atoms with E-state index in [2.05, 4.69) is 5.32 Å². The van der Waals surface area contributed by atoms with Gasteiger partial charge >= 0.3 is 0 Å². The average molecular weight is 434 g/mol. The summed E-state index contributed by atoms with van der Waals surface area (Å²) in [6.45, 7) is 2.27. The Morgan fingerprint density at radius 2 is 1.73 bits per heavy atom. The van der Waals surface area contributed by atoms with Gasteiger partial charge in [0.2, 0.25) is 11.8 Å². The van der Waals surface area contributed by atoms with Crippen LogP contribution < -0.4 is 25.4 Å². The molecule has 162 valence electrons. The average Bonchev–Trinajstić information content (AvgIpc) is 3.12. The highest BCUT2D eigenvalue weighted by molar-refractivity contribution is 6.01. The fourth-order valence-electron chi connectivity index (χ4n) is 3.45. The van der Waals surface area contributed by atoms with Crippen molar-refractivity contribution < 1.29 is 19.1 Å². The summed E-state index contributed by atoms with van der Waals surface area (Å²) in [6, 6.07) is 13.8. The number of halogens is 1. The first-order valence-corrected chi connectivity index (χ1v) is 9.60. The lowest BCUT2D eigenvalue weighted by Crippen LogP contribution is -2.45. The molecule has 1 aliphatic rings. The van der Waals surface area contributed by atoms with Crippen LogP contribution in [-0.4, -0.2) is 38.6 Å². The molecule has 8 heteroatoms. The van der Waals surface area contributed by atoms with Crippen LogP contribution in [0.4, 0.5) is 5.69 Å². The van der Waals surface area contributed by atoms with Crippen LogP contribution in [0.15, 0.2) is 48.5 Å². The highest BCUT2D eigenvalue weighted by Crippen LogP contribution is 2.31. The number of hydrogen-bond acceptors (Lipinski definition) is 5. The van der Waals surface area contributed by atoms with E-state index in [1.165, 1.54) is 0 Å². The summed E-state index contributed by atoms with van der Waals surface area (Å²) in [7, 11) is 3.12. The number of nitrogens with one attached hydrogen (secondary N) is 1. The number of methoxy groups -OCH3 is 2. The van der Waals surface area contributed by atoms with Crippen LogP contribution >= 0.6 is 12.4 Å². The van der Waals surface area contributed by atoms with Gasteiger partial charge < -0.3 is 25.4 Å². The minimum Gasteiger partial charge on any atom is -0.497 e. The normalized spacial score (nSPS) is 17.7. The summed E-state index contributed by atoms with van der Waals surface area (Å²) in [5, 5.41) is 2.86. The predicted molar refractivity (Wildman–Crippen MR) is 118 cm³/mol. The summed E-state index contributed by atoms with van der Waals surface area (Å²) in [5.74, 6) is 0.347. The second kappa shape index (κ2) is 10.3. The first kappa shape index (κ1) is 23.5. The minimum atomic E-state index is -0.579. The maximum absolute atomic E-state index is 12.9. The van der Waals surface area contributed by atoms with Crippen LogP contribution in [0.5, 0.6) is 11.5 Å². The molecule has 2 amide bonds. The molecule has 0 saturated carbocycles. The van der Waals surface area contributed by atoms with E-state index in [1.807, 2.05) is 30.3 Å². The van der Waals surface area contributed by atoms with Crippen molar-refractivity contribution in [1.29, 1.82) is 0 Å². The Bertz CT molecular complexity index is 856. The highest BCUT2D eigenvalue weighted by Gasteiger charge is 2.35. The van der Waals surface area contributed by atoms with Crippen LogP contribution in [0.3, 0.4) is 0 Å². The number of hydrogen-bond donors (Lipinski definition) is 2. The zero-order chi connectivity index (χ0) is 21.0. The van der Waals surface area contributed by atoms with E-state index < -0.39 is 18.0 Å². The van der Waals surface area contributed by atoms with E-state index in [0.29, 0.717) is 30.2 Å². The fraction of sp³-hybridized carbons (Fsp3) is 0.364. The van der Waals surface area contributed by atoms with Crippen molar-refractivity contribution in [2.75, 3.05) is 25.7 Å². The van der Waals surface area contributed by atoms with Crippen molar-refractivity contribution >= 4 is 29.9 Å². The van der Waals surface area contributed by atoms with Gasteiger partial charge in [-0.2, -0.15) is 0 Å². The third kappa shape index (κ3) is 5.04. The molecule has 3 rings (SSSR count). The predicted octanol–water partition coefficient (Wildman–Crippen LogP) is 2.68. The third-order valence-corrected chi connectivity index (χ3v) is 5.31. The molecule has 1 fully saturated rings. The summed E-state index contributed by atoms with van der Waals surface area (Å²) >= 11 is 0. The quantitative estimate of drug-likeness (QED) is 0.700. The smallest absolute Gasteiger partial charge is 0.249 e.